The lowest BCUT2D eigenvalue weighted by Gasteiger charge is -2.13. The van der Waals surface area contributed by atoms with Gasteiger partial charge in [0, 0.05) is 6.54 Å². The van der Waals surface area contributed by atoms with Crippen LogP contribution in [0.5, 0.6) is 5.75 Å². The van der Waals surface area contributed by atoms with Gasteiger partial charge in [0.05, 0.1) is 0 Å². The van der Waals surface area contributed by atoms with Crippen molar-refractivity contribution in [2.45, 2.75) is 39.8 Å². The average molecular weight is 283 g/mol. The first-order chi connectivity index (χ1) is 10.3. The number of nitrogens with one attached hydrogen (secondary N) is 1. The molecule has 2 aromatic rings. The zero-order valence-electron chi connectivity index (χ0n) is 13.1. The molecule has 0 heterocycles. The van der Waals surface area contributed by atoms with Crippen LogP contribution in [0.2, 0.25) is 0 Å². The lowest BCUT2D eigenvalue weighted by molar-refractivity contribution is 0.301. The van der Waals surface area contributed by atoms with E-state index in [0.717, 1.165) is 31.7 Å². The first-order valence-electron chi connectivity index (χ1n) is 7.83. The summed E-state index contributed by atoms with van der Waals surface area (Å²) < 4.78 is 6.03. The van der Waals surface area contributed by atoms with E-state index in [1.54, 1.807) is 0 Å². The van der Waals surface area contributed by atoms with E-state index in [0.29, 0.717) is 6.61 Å². The van der Waals surface area contributed by atoms with E-state index in [1.165, 1.54) is 16.7 Å². The van der Waals surface area contributed by atoms with Crippen molar-refractivity contribution in [1.29, 1.82) is 0 Å². The molecule has 0 aromatic heterocycles. The zero-order chi connectivity index (χ0) is 14.9. The van der Waals surface area contributed by atoms with Gasteiger partial charge in [-0.25, -0.2) is 0 Å². The molecule has 0 radical (unpaired) electrons. The second-order valence-corrected chi connectivity index (χ2v) is 5.20. The van der Waals surface area contributed by atoms with Crippen molar-refractivity contribution >= 4 is 0 Å². The molecule has 2 aromatic carbocycles. The molecule has 0 aliphatic carbocycles. The van der Waals surface area contributed by atoms with Gasteiger partial charge < -0.3 is 10.1 Å². The van der Waals surface area contributed by atoms with Crippen LogP contribution in [0, 0.1) is 0 Å². The van der Waals surface area contributed by atoms with Crippen LogP contribution < -0.4 is 10.1 Å². The van der Waals surface area contributed by atoms with Crippen LogP contribution in [0.1, 0.15) is 37.0 Å². The van der Waals surface area contributed by atoms with Crippen LogP contribution in [0.3, 0.4) is 0 Å². The van der Waals surface area contributed by atoms with E-state index in [4.69, 9.17) is 4.74 Å². The summed E-state index contributed by atoms with van der Waals surface area (Å²) in [5.74, 6) is 0.997. The standard InChI is InChI=1S/C19H25NO/c1-3-13-20-14-17-10-5-6-11-18(17)15-21-19-12-8-7-9-16(19)4-2/h5-12,20H,3-4,13-15H2,1-2H3. The Kier molecular flexibility index (Phi) is 6.29. The Bertz CT molecular complexity index is 551. The minimum atomic E-state index is 0.626. The summed E-state index contributed by atoms with van der Waals surface area (Å²) in [6.07, 6.45) is 2.15. The molecule has 0 unspecified atom stereocenters. The molecular weight excluding hydrogens is 258 g/mol. The molecule has 112 valence electrons. The lowest BCUT2D eigenvalue weighted by atomic mass is 10.1. The normalized spacial score (nSPS) is 10.6. The molecule has 0 aliphatic heterocycles. The molecular formula is C19H25NO. The summed E-state index contributed by atoms with van der Waals surface area (Å²) >= 11 is 0. The monoisotopic (exact) mass is 283 g/mol. The van der Waals surface area contributed by atoms with Crippen LogP contribution in [0.15, 0.2) is 48.5 Å². The topological polar surface area (TPSA) is 21.3 Å². The van der Waals surface area contributed by atoms with E-state index >= 15 is 0 Å². The number of benzene rings is 2. The number of ether oxygens (including phenoxy) is 1. The number of aryl methyl sites for hydroxylation is 1. The summed E-state index contributed by atoms with van der Waals surface area (Å²) in [4.78, 5) is 0. The SMILES string of the molecule is CCCNCc1ccccc1COc1ccccc1CC. The molecule has 2 heteroatoms. The predicted octanol–water partition coefficient (Wildman–Crippen LogP) is 4.33. The number of para-hydroxylation sites is 1. The fourth-order valence-electron chi connectivity index (χ4n) is 2.36. The smallest absolute Gasteiger partial charge is 0.122 e. The first kappa shape index (κ1) is 15.6. The van der Waals surface area contributed by atoms with Gasteiger partial charge in [-0.15, -0.1) is 0 Å². The largest absolute Gasteiger partial charge is 0.489 e. The minimum absolute atomic E-state index is 0.626. The van der Waals surface area contributed by atoms with Crippen molar-refractivity contribution in [3.63, 3.8) is 0 Å². The van der Waals surface area contributed by atoms with Crippen molar-refractivity contribution in [3.05, 3.63) is 65.2 Å². The molecule has 2 nitrogen and oxygen atoms in total. The maximum absolute atomic E-state index is 6.03. The summed E-state index contributed by atoms with van der Waals surface area (Å²) in [6.45, 7) is 6.92. The van der Waals surface area contributed by atoms with Crippen LogP contribution in [-0.2, 0) is 19.6 Å². The van der Waals surface area contributed by atoms with Crippen molar-refractivity contribution in [3.8, 4) is 5.75 Å². The molecule has 0 fully saturated rings. The fraction of sp³-hybridized carbons (Fsp3) is 0.368. The molecule has 0 saturated carbocycles. The molecule has 1 N–H and O–H groups in total. The zero-order valence-corrected chi connectivity index (χ0v) is 13.1. The highest BCUT2D eigenvalue weighted by molar-refractivity contribution is 5.34. The fourth-order valence-corrected chi connectivity index (χ4v) is 2.36. The molecule has 0 aliphatic rings. The summed E-state index contributed by atoms with van der Waals surface area (Å²) in [5, 5.41) is 3.46. The summed E-state index contributed by atoms with van der Waals surface area (Å²) in [6, 6.07) is 16.8. The average Bonchev–Trinajstić information content (AvgIpc) is 2.54. The van der Waals surface area contributed by atoms with E-state index < -0.39 is 0 Å². The van der Waals surface area contributed by atoms with Crippen molar-refractivity contribution in [2.24, 2.45) is 0 Å². The van der Waals surface area contributed by atoms with Crippen LogP contribution in [0.25, 0.3) is 0 Å². The second kappa shape index (κ2) is 8.48. The van der Waals surface area contributed by atoms with Gasteiger partial charge in [0.1, 0.15) is 12.4 Å². The summed E-state index contributed by atoms with van der Waals surface area (Å²) in [5.41, 5.74) is 3.84. The van der Waals surface area contributed by atoms with Crippen LogP contribution >= 0.6 is 0 Å². The predicted molar refractivity (Wildman–Crippen MR) is 88.6 cm³/mol. The molecule has 21 heavy (non-hydrogen) atoms. The quantitative estimate of drug-likeness (QED) is 0.728. The Hall–Kier alpha value is -1.80. The Morgan fingerprint density at radius 1 is 0.857 bits per heavy atom. The van der Waals surface area contributed by atoms with Gasteiger partial charge >= 0.3 is 0 Å². The number of hydrogen-bond acceptors (Lipinski definition) is 2. The van der Waals surface area contributed by atoms with Gasteiger partial charge in [-0.1, -0.05) is 56.3 Å². The minimum Gasteiger partial charge on any atom is -0.489 e. The maximum atomic E-state index is 6.03. The van der Waals surface area contributed by atoms with Gasteiger partial charge in [-0.3, -0.25) is 0 Å². The second-order valence-electron chi connectivity index (χ2n) is 5.20. The van der Waals surface area contributed by atoms with E-state index in [2.05, 4.69) is 61.6 Å². The molecule has 0 atom stereocenters. The van der Waals surface area contributed by atoms with Crippen molar-refractivity contribution in [1.82, 2.24) is 5.32 Å². The van der Waals surface area contributed by atoms with E-state index in [1.807, 2.05) is 6.07 Å². The van der Waals surface area contributed by atoms with E-state index in [-0.39, 0.29) is 0 Å². The van der Waals surface area contributed by atoms with Crippen LogP contribution in [-0.4, -0.2) is 6.54 Å². The first-order valence-corrected chi connectivity index (χ1v) is 7.83. The lowest BCUT2D eigenvalue weighted by Crippen LogP contribution is -2.15. The third-order valence-electron chi connectivity index (χ3n) is 3.60. The number of rotatable bonds is 8. The van der Waals surface area contributed by atoms with Gasteiger partial charge in [-0.05, 0) is 42.1 Å². The highest BCUT2D eigenvalue weighted by atomic mass is 16.5. The van der Waals surface area contributed by atoms with Gasteiger partial charge in [0.2, 0.25) is 0 Å². The third kappa shape index (κ3) is 4.61. The highest BCUT2D eigenvalue weighted by Gasteiger charge is 2.05. The van der Waals surface area contributed by atoms with E-state index in [9.17, 15) is 0 Å². The maximum Gasteiger partial charge on any atom is 0.122 e. The third-order valence-corrected chi connectivity index (χ3v) is 3.60. The van der Waals surface area contributed by atoms with Crippen molar-refractivity contribution < 1.29 is 4.74 Å². The highest BCUT2D eigenvalue weighted by Crippen LogP contribution is 2.20. The van der Waals surface area contributed by atoms with Crippen LogP contribution in [0.4, 0.5) is 0 Å². The van der Waals surface area contributed by atoms with Crippen molar-refractivity contribution in [2.75, 3.05) is 6.54 Å². The Morgan fingerprint density at radius 2 is 1.52 bits per heavy atom. The van der Waals surface area contributed by atoms with Gasteiger partial charge in [0.15, 0.2) is 0 Å². The Labute approximate surface area is 128 Å². The summed E-state index contributed by atoms with van der Waals surface area (Å²) in [7, 11) is 0. The van der Waals surface area contributed by atoms with Gasteiger partial charge in [0.25, 0.3) is 0 Å². The molecule has 2 rings (SSSR count). The Balaban J connectivity index is 2.02. The van der Waals surface area contributed by atoms with Gasteiger partial charge in [-0.2, -0.15) is 0 Å². The molecule has 0 bridgehead atoms. The molecule has 0 spiro atoms. The number of hydrogen-bond donors (Lipinski definition) is 1. The Morgan fingerprint density at radius 3 is 2.24 bits per heavy atom. The molecule has 0 saturated heterocycles. The molecule has 0 amide bonds.